The highest BCUT2D eigenvalue weighted by molar-refractivity contribution is 6.31. The molecule has 0 spiro atoms. The van der Waals surface area contributed by atoms with Crippen LogP contribution in [0, 0.1) is 0 Å². The largest absolute Gasteiger partial charge is 0.292 e. The summed E-state index contributed by atoms with van der Waals surface area (Å²) >= 11 is 6.16. The molecule has 3 heteroatoms. The van der Waals surface area contributed by atoms with Crippen LogP contribution in [0.15, 0.2) is 54.6 Å². The van der Waals surface area contributed by atoms with Gasteiger partial charge in [0.1, 0.15) is 0 Å². The van der Waals surface area contributed by atoms with Gasteiger partial charge in [-0.05, 0) is 25.6 Å². The van der Waals surface area contributed by atoms with E-state index in [1.165, 1.54) is 0 Å². The van der Waals surface area contributed by atoms with Gasteiger partial charge in [-0.2, -0.15) is 0 Å². The number of likely N-dealkylation sites (N-methyl/N-ethyl adjacent to an activating group) is 1. The van der Waals surface area contributed by atoms with E-state index in [0.29, 0.717) is 6.54 Å². The van der Waals surface area contributed by atoms with Crippen LogP contribution in [0.25, 0.3) is 0 Å². The van der Waals surface area contributed by atoms with E-state index in [2.05, 4.69) is 0 Å². The molecule has 0 saturated heterocycles. The number of Topliss-reactive ketones (excluding diaryl/α,β-unsaturated/α-hetero) is 1. The highest BCUT2D eigenvalue weighted by Gasteiger charge is 2.19. The summed E-state index contributed by atoms with van der Waals surface area (Å²) in [7, 11) is 1.94. The van der Waals surface area contributed by atoms with Crippen molar-refractivity contribution in [2.75, 3.05) is 7.05 Å². The van der Waals surface area contributed by atoms with Gasteiger partial charge >= 0.3 is 0 Å². The van der Waals surface area contributed by atoms with Crippen molar-refractivity contribution in [1.29, 1.82) is 0 Å². The van der Waals surface area contributed by atoms with Gasteiger partial charge in [-0.3, -0.25) is 9.69 Å². The molecule has 2 nitrogen and oxygen atoms in total. The average molecular weight is 288 g/mol. The predicted octanol–water partition coefficient (Wildman–Crippen LogP) is 4.04. The maximum atomic E-state index is 12.4. The lowest BCUT2D eigenvalue weighted by atomic mass is 10.0. The number of ketones is 1. The van der Waals surface area contributed by atoms with Crippen LogP contribution in [0.3, 0.4) is 0 Å². The van der Waals surface area contributed by atoms with Crippen molar-refractivity contribution in [1.82, 2.24) is 4.90 Å². The number of rotatable bonds is 5. The third-order valence-electron chi connectivity index (χ3n) is 3.48. The minimum atomic E-state index is -0.186. The average Bonchev–Trinajstić information content (AvgIpc) is 2.49. The van der Waals surface area contributed by atoms with Gasteiger partial charge in [-0.1, -0.05) is 60.1 Å². The van der Waals surface area contributed by atoms with Crippen molar-refractivity contribution < 1.29 is 4.79 Å². The van der Waals surface area contributed by atoms with E-state index in [-0.39, 0.29) is 11.8 Å². The van der Waals surface area contributed by atoms with E-state index in [9.17, 15) is 4.79 Å². The van der Waals surface area contributed by atoms with Crippen LogP contribution in [0.4, 0.5) is 0 Å². The van der Waals surface area contributed by atoms with Crippen LogP contribution >= 0.6 is 11.6 Å². The number of benzene rings is 2. The standard InChI is InChI=1S/C17H18ClNO/c1-13(17(20)14-8-4-3-5-9-14)19(2)12-15-10-6-7-11-16(15)18/h3-11,13H,12H2,1-2H3/t13-/m0/s1. The lowest BCUT2D eigenvalue weighted by molar-refractivity contribution is 0.0862. The monoisotopic (exact) mass is 287 g/mol. The molecule has 2 aromatic carbocycles. The number of nitrogens with zero attached hydrogens (tertiary/aromatic N) is 1. The summed E-state index contributed by atoms with van der Waals surface area (Å²) in [6, 6.07) is 16.9. The van der Waals surface area contributed by atoms with Crippen molar-refractivity contribution in [2.24, 2.45) is 0 Å². The second-order valence-electron chi connectivity index (χ2n) is 4.91. The van der Waals surface area contributed by atoms with E-state index < -0.39 is 0 Å². The Morgan fingerprint density at radius 1 is 1.10 bits per heavy atom. The summed E-state index contributed by atoms with van der Waals surface area (Å²) in [6.07, 6.45) is 0. The third-order valence-corrected chi connectivity index (χ3v) is 3.85. The molecule has 0 aliphatic rings. The molecule has 104 valence electrons. The lowest BCUT2D eigenvalue weighted by Crippen LogP contribution is -2.35. The molecule has 20 heavy (non-hydrogen) atoms. The second kappa shape index (κ2) is 6.69. The van der Waals surface area contributed by atoms with Crippen LogP contribution in [0.5, 0.6) is 0 Å². The summed E-state index contributed by atoms with van der Waals surface area (Å²) in [5, 5.41) is 0.735. The fourth-order valence-corrected chi connectivity index (χ4v) is 2.27. The zero-order valence-corrected chi connectivity index (χ0v) is 12.5. The van der Waals surface area contributed by atoms with E-state index in [1.54, 1.807) is 0 Å². The molecular formula is C17H18ClNO. The first kappa shape index (κ1) is 14.8. The van der Waals surface area contributed by atoms with Crippen LogP contribution in [0.2, 0.25) is 5.02 Å². The van der Waals surface area contributed by atoms with Crippen LogP contribution in [0.1, 0.15) is 22.8 Å². The van der Waals surface area contributed by atoms with Crippen molar-refractivity contribution in [3.05, 3.63) is 70.7 Å². The normalized spacial score (nSPS) is 12.4. The molecule has 0 amide bonds. The minimum Gasteiger partial charge on any atom is -0.292 e. The number of carbonyl (C=O) groups excluding carboxylic acids is 1. The van der Waals surface area contributed by atoms with Gasteiger partial charge < -0.3 is 0 Å². The van der Waals surface area contributed by atoms with E-state index in [1.807, 2.05) is 73.5 Å². The number of hydrogen-bond donors (Lipinski definition) is 0. The summed E-state index contributed by atoms with van der Waals surface area (Å²) in [4.78, 5) is 14.4. The Labute approximate surface area is 125 Å². The molecule has 2 aromatic rings. The number of halogens is 1. The van der Waals surface area contributed by atoms with Crippen molar-refractivity contribution in [3.8, 4) is 0 Å². The third kappa shape index (κ3) is 3.47. The fraction of sp³-hybridized carbons (Fsp3) is 0.235. The predicted molar refractivity (Wildman–Crippen MR) is 83.2 cm³/mol. The first-order valence-electron chi connectivity index (χ1n) is 6.62. The van der Waals surface area contributed by atoms with Gasteiger partial charge in [-0.25, -0.2) is 0 Å². The summed E-state index contributed by atoms with van der Waals surface area (Å²) in [5.41, 5.74) is 1.77. The summed E-state index contributed by atoms with van der Waals surface area (Å²) in [6.45, 7) is 2.57. The maximum absolute atomic E-state index is 12.4. The Morgan fingerprint density at radius 2 is 1.70 bits per heavy atom. The van der Waals surface area contributed by atoms with Gasteiger partial charge in [0.25, 0.3) is 0 Å². The Bertz CT molecular complexity index is 583. The first-order valence-corrected chi connectivity index (χ1v) is 7.00. The minimum absolute atomic E-state index is 0.125. The highest BCUT2D eigenvalue weighted by atomic mass is 35.5. The molecule has 0 heterocycles. The van der Waals surface area contributed by atoms with Gasteiger partial charge in [0, 0.05) is 17.1 Å². The van der Waals surface area contributed by atoms with E-state index in [4.69, 9.17) is 11.6 Å². The Balaban J connectivity index is 2.08. The summed E-state index contributed by atoms with van der Waals surface area (Å²) < 4.78 is 0. The lowest BCUT2D eigenvalue weighted by Gasteiger charge is -2.24. The van der Waals surface area contributed by atoms with E-state index in [0.717, 1.165) is 16.1 Å². The molecule has 0 aromatic heterocycles. The zero-order chi connectivity index (χ0) is 14.5. The zero-order valence-electron chi connectivity index (χ0n) is 11.7. The van der Waals surface area contributed by atoms with Crippen LogP contribution in [-0.4, -0.2) is 23.8 Å². The fourth-order valence-electron chi connectivity index (χ4n) is 2.08. The topological polar surface area (TPSA) is 20.3 Å². The molecule has 1 atom stereocenters. The quantitative estimate of drug-likeness (QED) is 0.774. The maximum Gasteiger partial charge on any atom is 0.179 e. The van der Waals surface area contributed by atoms with Gasteiger partial charge in [0.05, 0.1) is 6.04 Å². The molecule has 0 unspecified atom stereocenters. The molecule has 0 bridgehead atoms. The highest BCUT2D eigenvalue weighted by Crippen LogP contribution is 2.18. The molecular weight excluding hydrogens is 270 g/mol. The first-order chi connectivity index (χ1) is 9.59. The molecule has 0 aliphatic heterocycles. The molecule has 0 N–H and O–H groups in total. The van der Waals surface area contributed by atoms with Crippen LogP contribution < -0.4 is 0 Å². The number of hydrogen-bond acceptors (Lipinski definition) is 2. The van der Waals surface area contributed by atoms with Crippen LogP contribution in [-0.2, 0) is 6.54 Å². The number of carbonyl (C=O) groups is 1. The smallest absolute Gasteiger partial charge is 0.179 e. The van der Waals surface area contributed by atoms with Crippen molar-refractivity contribution in [2.45, 2.75) is 19.5 Å². The molecule has 0 fully saturated rings. The Kier molecular flexibility index (Phi) is 4.94. The van der Waals surface area contributed by atoms with E-state index >= 15 is 0 Å². The van der Waals surface area contributed by atoms with Gasteiger partial charge in [-0.15, -0.1) is 0 Å². The molecule has 0 saturated carbocycles. The molecule has 0 radical (unpaired) electrons. The SMILES string of the molecule is C[C@@H](C(=O)c1ccccc1)N(C)Cc1ccccc1Cl. The Morgan fingerprint density at radius 3 is 2.35 bits per heavy atom. The van der Waals surface area contributed by atoms with Gasteiger partial charge in [0.2, 0.25) is 0 Å². The second-order valence-corrected chi connectivity index (χ2v) is 5.32. The summed E-state index contributed by atoms with van der Waals surface area (Å²) in [5.74, 6) is 0.125. The van der Waals surface area contributed by atoms with Crippen molar-refractivity contribution >= 4 is 17.4 Å². The van der Waals surface area contributed by atoms with Gasteiger partial charge in [0.15, 0.2) is 5.78 Å². The van der Waals surface area contributed by atoms with Crippen molar-refractivity contribution in [3.63, 3.8) is 0 Å². The Hall–Kier alpha value is -1.64. The molecule has 0 aliphatic carbocycles. The molecule has 2 rings (SSSR count).